The summed E-state index contributed by atoms with van der Waals surface area (Å²) in [6, 6.07) is 5.50. The minimum absolute atomic E-state index is 0.0795. The van der Waals surface area contributed by atoms with Crippen LogP contribution in [0, 0.1) is 17.8 Å². The Morgan fingerprint density at radius 3 is 2.26 bits per heavy atom. The number of likely N-dealkylation sites (N-methyl/N-ethyl adjacent to an activating group) is 2. The number of carbonyl (C=O) groups excluding carboxylic acids is 1. The first kappa shape index (κ1) is 62.4. The zero-order valence-corrected chi connectivity index (χ0v) is 47.0. The average molecular weight is 1070 g/mol. The Kier molecular flexibility index (Phi) is 22.7. The van der Waals surface area contributed by atoms with Crippen molar-refractivity contribution in [3.8, 4) is 0 Å². The number of ether oxygens (including phenoxy) is 7. The Hall–Kier alpha value is -2.48. The van der Waals surface area contributed by atoms with E-state index >= 15 is 0 Å². The van der Waals surface area contributed by atoms with Crippen LogP contribution in [0.4, 0.5) is 8.78 Å². The smallest absolute Gasteiger partial charge is 0.311 e. The molecule has 424 valence electrons. The largest absolute Gasteiger partial charge is 0.459 e. The molecule has 3 aliphatic heterocycles. The maximum absolute atomic E-state index is 14.8. The minimum atomic E-state index is -1.86. The lowest BCUT2D eigenvalue weighted by Gasteiger charge is -2.49. The molecular formula is C53H89F2N5O13S. The molecule has 4 heterocycles. The number of nitrogens with zero attached hydrogens (tertiary/aromatic N) is 5. The molecule has 5 rings (SSSR count). The van der Waals surface area contributed by atoms with Gasteiger partial charge in [-0.3, -0.25) is 9.18 Å². The van der Waals surface area contributed by atoms with E-state index in [0.29, 0.717) is 37.4 Å². The van der Waals surface area contributed by atoms with Gasteiger partial charge in [-0.1, -0.05) is 38.1 Å². The second kappa shape index (κ2) is 26.9. The molecule has 1 aromatic carbocycles. The van der Waals surface area contributed by atoms with E-state index in [1.54, 1.807) is 54.7 Å². The van der Waals surface area contributed by atoms with Crippen LogP contribution in [-0.4, -0.2) is 207 Å². The van der Waals surface area contributed by atoms with Crippen LogP contribution in [0.5, 0.6) is 0 Å². The number of cyclic esters (lactones) is 1. The van der Waals surface area contributed by atoms with Crippen LogP contribution in [0.3, 0.4) is 0 Å². The highest BCUT2D eigenvalue weighted by Crippen LogP contribution is 2.41. The van der Waals surface area contributed by atoms with Gasteiger partial charge in [0.15, 0.2) is 12.6 Å². The van der Waals surface area contributed by atoms with Gasteiger partial charge in [0.1, 0.15) is 48.8 Å². The SMILES string of the molecule is CC[C@H]1OC(=O)[C@H](C)[C@@H](O[C@H]2C[C@@](C)(OC)[C@@H](O)[C@H](C)O2)[C@H](C)[C@@H](O[C@@H]2O[C@H](C)C[C@H](N(C)CCc3cn([C@H](CF)[C@H](OC)c4ccc(SCCF)cc4)nn3)[C@H]2O)[C@](C)(O)C[C@@H](C)CN(C)[C@H](C)[C@@H](O)[C@]1(C)O. The van der Waals surface area contributed by atoms with Crippen molar-refractivity contribution < 1.29 is 72.3 Å². The van der Waals surface area contributed by atoms with Gasteiger partial charge < -0.3 is 68.5 Å². The zero-order chi connectivity index (χ0) is 55.0. The van der Waals surface area contributed by atoms with Crippen LogP contribution in [0.25, 0.3) is 0 Å². The number of esters is 1. The number of halogens is 2. The normalized spacial score (nSPS) is 39.3. The zero-order valence-electron chi connectivity index (χ0n) is 46.2. The van der Waals surface area contributed by atoms with Gasteiger partial charge in [-0.25, -0.2) is 9.07 Å². The van der Waals surface area contributed by atoms with E-state index in [2.05, 4.69) is 10.3 Å². The lowest BCUT2D eigenvalue weighted by molar-refractivity contribution is -0.318. The van der Waals surface area contributed by atoms with Crippen molar-refractivity contribution in [1.29, 1.82) is 0 Å². The van der Waals surface area contributed by atoms with Crippen LogP contribution in [0.2, 0.25) is 0 Å². The number of methoxy groups -OCH3 is 2. The molecule has 0 saturated carbocycles. The van der Waals surface area contributed by atoms with Crippen molar-refractivity contribution in [3.05, 3.63) is 41.7 Å². The Balaban J connectivity index is 1.43. The number of aliphatic hydroxyl groups is 5. The van der Waals surface area contributed by atoms with E-state index < -0.39 is 134 Å². The van der Waals surface area contributed by atoms with Crippen molar-refractivity contribution >= 4 is 17.7 Å². The lowest BCUT2D eigenvalue weighted by atomic mass is 9.77. The second-order valence-electron chi connectivity index (χ2n) is 22.1. The molecule has 5 N–H and O–H groups in total. The van der Waals surface area contributed by atoms with Crippen LogP contribution in [0.15, 0.2) is 35.4 Å². The number of rotatable bonds is 18. The van der Waals surface area contributed by atoms with Crippen molar-refractivity contribution in [2.75, 3.05) is 60.5 Å². The molecule has 0 bridgehead atoms. The minimum Gasteiger partial charge on any atom is -0.459 e. The summed E-state index contributed by atoms with van der Waals surface area (Å²) in [5.41, 5.74) is -3.27. The van der Waals surface area contributed by atoms with Crippen molar-refractivity contribution in [3.63, 3.8) is 0 Å². The Bertz CT molecular complexity index is 2030. The van der Waals surface area contributed by atoms with Gasteiger partial charge in [-0.15, -0.1) is 16.9 Å². The number of aliphatic hydroxyl groups excluding tert-OH is 3. The second-order valence-corrected chi connectivity index (χ2v) is 23.3. The molecule has 2 aromatic rings. The van der Waals surface area contributed by atoms with E-state index in [-0.39, 0.29) is 25.2 Å². The Morgan fingerprint density at radius 1 is 0.973 bits per heavy atom. The van der Waals surface area contributed by atoms with E-state index in [0.717, 1.165) is 10.5 Å². The first-order chi connectivity index (χ1) is 34.8. The predicted molar refractivity (Wildman–Crippen MR) is 275 cm³/mol. The molecule has 0 amide bonds. The Morgan fingerprint density at radius 2 is 1.65 bits per heavy atom. The van der Waals surface area contributed by atoms with E-state index in [4.69, 9.17) is 33.2 Å². The van der Waals surface area contributed by atoms with Crippen molar-refractivity contribution in [2.24, 2.45) is 17.8 Å². The van der Waals surface area contributed by atoms with Crippen LogP contribution >= 0.6 is 11.8 Å². The van der Waals surface area contributed by atoms with Gasteiger partial charge in [0.05, 0.1) is 53.9 Å². The summed E-state index contributed by atoms with van der Waals surface area (Å²) in [5.74, 6) is -2.55. The number of hydrogen-bond acceptors (Lipinski definition) is 18. The number of aromatic nitrogens is 3. The highest BCUT2D eigenvalue weighted by atomic mass is 32.2. The standard InChI is InChI=1S/C53H89F2N5O13S/c1-15-41-53(10,66)46(62)34(6)59(12)28-30(2)25-51(8,65)48(32(4)44(33(5)49(64)71-41)72-42-26-52(9,68-14)47(63)35(7)70-42)73-50-43(61)39(24-31(3)69-50)58(11)22-20-37-29-60(57-56-37)40(27-55)45(67-13)36-16-18-38(19-17-36)74-23-21-54/h16-19,29-35,39-48,50,61-63,65-66H,15,20-28H2,1-14H3/t30-,31-,32+,33-,34-,35+,39+,40-,41-,42+,43-,44+,45-,46-,47+,48-,50+,51-,52-,53-/m1/s1. The van der Waals surface area contributed by atoms with Gasteiger partial charge >= 0.3 is 5.97 Å². The summed E-state index contributed by atoms with van der Waals surface area (Å²) >= 11 is 1.39. The molecule has 3 aliphatic rings. The predicted octanol–water partition coefficient (Wildman–Crippen LogP) is 5.07. The molecular weight excluding hydrogens is 985 g/mol. The maximum atomic E-state index is 14.8. The molecule has 74 heavy (non-hydrogen) atoms. The molecule has 21 heteroatoms. The monoisotopic (exact) mass is 1070 g/mol. The number of carbonyl (C=O) groups is 1. The van der Waals surface area contributed by atoms with Crippen molar-refractivity contribution in [2.45, 2.75) is 209 Å². The van der Waals surface area contributed by atoms with Crippen molar-refractivity contribution in [1.82, 2.24) is 24.8 Å². The highest BCUT2D eigenvalue weighted by molar-refractivity contribution is 7.99. The van der Waals surface area contributed by atoms with Gasteiger partial charge in [0, 0.05) is 75.0 Å². The molecule has 3 fully saturated rings. The summed E-state index contributed by atoms with van der Waals surface area (Å²) in [6.07, 6.45) is -8.12. The lowest BCUT2D eigenvalue weighted by Crippen LogP contribution is -2.61. The van der Waals surface area contributed by atoms with E-state index in [9.17, 15) is 39.1 Å². The average Bonchev–Trinajstić information content (AvgIpc) is 3.83. The molecule has 0 aliphatic carbocycles. The molecule has 18 nitrogen and oxygen atoms in total. The van der Waals surface area contributed by atoms with Gasteiger partial charge in [0.25, 0.3) is 0 Å². The number of hydrogen-bond donors (Lipinski definition) is 5. The fraction of sp³-hybridized carbons (Fsp3) is 0.830. The van der Waals surface area contributed by atoms with Crippen LogP contribution in [-0.2, 0) is 44.4 Å². The third-order valence-electron chi connectivity index (χ3n) is 16.0. The third-order valence-corrected chi connectivity index (χ3v) is 17.0. The summed E-state index contributed by atoms with van der Waals surface area (Å²) < 4.78 is 73.0. The summed E-state index contributed by atoms with van der Waals surface area (Å²) in [7, 11) is 6.70. The van der Waals surface area contributed by atoms with Gasteiger partial charge in [-0.2, -0.15) is 0 Å². The fourth-order valence-electron chi connectivity index (χ4n) is 11.4. The topological polar surface area (TPSA) is 220 Å². The molecule has 3 saturated heterocycles. The number of benzene rings is 1. The summed E-state index contributed by atoms with van der Waals surface area (Å²) in [6.45, 7) is 17.0. The molecule has 0 radical (unpaired) electrons. The number of alkyl halides is 2. The summed E-state index contributed by atoms with van der Waals surface area (Å²) in [4.78, 5) is 19.3. The van der Waals surface area contributed by atoms with Crippen LogP contribution < -0.4 is 0 Å². The first-order valence-electron chi connectivity index (χ1n) is 26.3. The molecule has 0 spiro atoms. The molecule has 20 atom stereocenters. The Labute approximate surface area is 442 Å². The van der Waals surface area contributed by atoms with E-state index in [1.807, 2.05) is 62.0 Å². The number of thioether (sulfide) groups is 1. The maximum Gasteiger partial charge on any atom is 0.311 e. The molecule has 0 unspecified atom stereocenters. The quantitative estimate of drug-likeness (QED) is 0.0973. The summed E-state index contributed by atoms with van der Waals surface area (Å²) in [5, 5.41) is 68.5. The van der Waals surface area contributed by atoms with Crippen LogP contribution in [0.1, 0.15) is 118 Å². The highest BCUT2D eigenvalue weighted by Gasteiger charge is 2.53. The van der Waals surface area contributed by atoms with Gasteiger partial charge in [-0.05, 0) is 105 Å². The third kappa shape index (κ3) is 14.8. The first-order valence-corrected chi connectivity index (χ1v) is 27.3. The molecule has 1 aromatic heterocycles. The fourth-order valence-corrected chi connectivity index (χ4v) is 12.1. The van der Waals surface area contributed by atoms with Gasteiger partial charge in [0.2, 0.25) is 0 Å². The van der Waals surface area contributed by atoms with E-state index in [1.165, 1.54) is 37.6 Å².